The van der Waals surface area contributed by atoms with E-state index in [1.54, 1.807) is 7.11 Å². The lowest BCUT2D eigenvalue weighted by Crippen LogP contribution is -2.39. The van der Waals surface area contributed by atoms with E-state index in [4.69, 9.17) is 21.1 Å². The number of aromatic amines is 1. The first-order valence-electron chi connectivity index (χ1n) is 8.98. The van der Waals surface area contributed by atoms with Gasteiger partial charge in [-0.15, -0.1) is 0 Å². The van der Waals surface area contributed by atoms with Crippen LogP contribution in [0.25, 0.3) is 11.3 Å². The predicted molar refractivity (Wildman–Crippen MR) is 106 cm³/mol. The van der Waals surface area contributed by atoms with E-state index in [0.717, 1.165) is 47.6 Å². The number of hydrogen-bond donors (Lipinski definition) is 1. The molecule has 1 fully saturated rings. The summed E-state index contributed by atoms with van der Waals surface area (Å²) in [5.74, 6) is 1.77. The lowest BCUT2D eigenvalue weighted by atomic mass is 10.1. The second-order valence-corrected chi connectivity index (χ2v) is 7.03. The molecule has 2 aromatic carbocycles. The molecule has 1 aliphatic heterocycles. The molecule has 140 valence electrons. The molecule has 4 rings (SSSR count). The smallest absolute Gasteiger partial charge is 0.126 e. The summed E-state index contributed by atoms with van der Waals surface area (Å²) in [6.45, 7) is 3.06. The van der Waals surface area contributed by atoms with Gasteiger partial charge in [-0.1, -0.05) is 23.7 Å². The molecule has 0 bridgehead atoms. The van der Waals surface area contributed by atoms with Gasteiger partial charge in [0.2, 0.25) is 0 Å². The molecule has 0 radical (unpaired) electrons. The summed E-state index contributed by atoms with van der Waals surface area (Å²) in [6.07, 6.45) is 1.88. The zero-order chi connectivity index (χ0) is 18.6. The average molecular weight is 384 g/mol. The maximum absolute atomic E-state index is 6.00. The van der Waals surface area contributed by atoms with Crippen LogP contribution in [-0.4, -0.2) is 41.7 Å². The first kappa shape index (κ1) is 18.0. The third kappa shape index (κ3) is 4.16. The number of nitrogens with zero attached hydrogens (tertiary/aromatic N) is 2. The number of hydrogen-bond acceptors (Lipinski definition) is 4. The Morgan fingerprint density at radius 1 is 1.19 bits per heavy atom. The Morgan fingerprint density at radius 3 is 2.70 bits per heavy atom. The molecule has 1 aromatic heterocycles. The first-order chi connectivity index (χ1) is 13.2. The molecule has 0 amide bonds. The second kappa shape index (κ2) is 8.13. The Balaban J connectivity index is 1.53. The fourth-order valence-electron chi connectivity index (χ4n) is 3.33. The normalized spacial score (nSPS) is 17.8. The van der Waals surface area contributed by atoms with Gasteiger partial charge in [-0.3, -0.25) is 4.90 Å². The number of ether oxygens (including phenoxy) is 2. The van der Waals surface area contributed by atoms with Gasteiger partial charge in [0.15, 0.2) is 0 Å². The molecule has 1 N–H and O–H groups in total. The third-order valence-corrected chi connectivity index (χ3v) is 5.10. The van der Waals surface area contributed by atoms with Crippen LogP contribution in [0.1, 0.15) is 17.4 Å². The van der Waals surface area contributed by atoms with Gasteiger partial charge < -0.3 is 14.5 Å². The van der Waals surface area contributed by atoms with Crippen molar-refractivity contribution < 1.29 is 9.47 Å². The van der Waals surface area contributed by atoms with Crippen LogP contribution in [0.2, 0.25) is 5.02 Å². The SMILES string of the molecule is COc1ccc(-c2cnc([C@@H]3COCCN3Cc3ccc(Cl)cc3)[nH]2)cc1. The first-order valence-corrected chi connectivity index (χ1v) is 9.36. The Labute approximate surface area is 163 Å². The Bertz CT molecular complexity index is 877. The van der Waals surface area contributed by atoms with Crippen molar-refractivity contribution in [3.63, 3.8) is 0 Å². The number of rotatable bonds is 5. The minimum absolute atomic E-state index is 0.0985. The maximum Gasteiger partial charge on any atom is 0.126 e. The van der Waals surface area contributed by atoms with E-state index in [1.165, 1.54) is 5.56 Å². The highest BCUT2D eigenvalue weighted by molar-refractivity contribution is 6.30. The second-order valence-electron chi connectivity index (χ2n) is 6.60. The molecular formula is C21H22ClN3O2. The van der Waals surface area contributed by atoms with Crippen molar-refractivity contribution in [1.29, 1.82) is 0 Å². The fourth-order valence-corrected chi connectivity index (χ4v) is 3.45. The molecule has 27 heavy (non-hydrogen) atoms. The monoisotopic (exact) mass is 383 g/mol. The Morgan fingerprint density at radius 2 is 1.96 bits per heavy atom. The number of nitrogens with one attached hydrogen (secondary N) is 1. The summed E-state index contributed by atoms with van der Waals surface area (Å²) in [7, 11) is 1.67. The van der Waals surface area contributed by atoms with Crippen LogP contribution in [0.15, 0.2) is 54.7 Å². The summed E-state index contributed by atoms with van der Waals surface area (Å²) in [5.41, 5.74) is 3.30. The van der Waals surface area contributed by atoms with E-state index in [-0.39, 0.29) is 6.04 Å². The van der Waals surface area contributed by atoms with Gasteiger partial charge in [0, 0.05) is 18.1 Å². The van der Waals surface area contributed by atoms with E-state index in [0.29, 0.717) is 6.61 Å². The molecule has 3 aromatic rings. The highest BCUT2D eigenvalue weighted by Crippen LogP contribution is 2.27. The predicted octanol–water partition coefficient (Wildman–Crippen LogP) is 4.31. The van der Waals surface area contributed by atoms with Gasteiger partial charge >= 0.3 is 0 Å². The molecule has 0 saturated carbocycles. The molecule has 0 spiro atoms. The lowest BCUT2D eigenvalue weighted by Gasteiger charge is -2.34. The van der Waals surface area contributed by atoms with Crippen LogP contribution >= 0.6 is 11.6 Å². The number of morpholine rings is 1. The highest BCUT2D eigenvalue weighted by Gasteiger charge is 2.27. The van der Waals surface area contributed by atoms with Gasteiger partial charge in [0.05, 0.1) is 38.3 Å². The summed E-state index contributed by atoms with van der Waals surface area (Å²) in [5, 5.41) is 0.757. The molecule has 0 unspecified atom stereocenters. The van der Waals surface area contributed by atoms with Crippen molar-refractivity contribution in [3.8, 4) is 17.0 Å². The number of imidazole rings is 1. The van der Waals surface area contributed by atoms with E-state index < -0.39 is 0 Å². The van der Waals surface area contributed by atoms with Crippen LogP contribution in [0.4, 0.5) is 0 Å². The van der Waals surface area contributed by atoms with Crippen LogP contribution in [0, 0.1) is 0 Å². The van der Waals surface area contributed by atoms with Crippen LogP contribution in [0.5, 0.6) is 5.75 Å². The topological polar surface area (TPSA) is 50.4 Å². The fraction of sp³-hybridized carbons (Fsp3) is 0.286. The van der Waals surface area contributed by atoms with Crippen molar-refractivity contribution >= 4 is 11.6 Å². The standard InChI is InChI=1S/C21H22ClN3O2/c1-26-18-8-4-16(5-9-18)19-12-23-21(24-19)20-14-27-11-10-25(20)13-15-2-6-17(22)7-3-15/h2-9,12,20H,10-11,13-14H2,1H3,(H,23,24)/t20-/m0/s1. The van der Waals surface area contributed by atoms with Gasteiger partial charge in [-0.2, -0.15) is 0 Å². The molecule has 5 nitrogen and oxygen atoms in total. The summed E-state index contributed by atoms with van der Waals surface area (Å²) >= 11 is 6.00. The highest BCUT2D eigenvalue weighted by atomic mass is 35.5. The summed E-state index contributed by atoms with van der Waals surface area (Å²) < 4.78 is 11.0. The van der Waals surface area contributed by atoms with Crippen LogP contribution < -0.4 is 4.74 Å². The van der Waals surface area contributed by atoms with Gasteiger partial charge in [0.1, 0.15) is 11.6 Å². The zero-order valence-electron chi connectivity index (χ0n) is 15.2. The minimum atomic E-state index is 0.0985. The quantitative estimate of drug-likeness (QED) is 0.713. The van der Waals surface area contributed by atoms with Crippen LogP contribution in [-0.2, 0) is 11.3 Å². The largest absolute Gasteiger partial charge is 0.497 e. The van der Waals surface area contributed by atoms with Gasteiger partial charge in [0.25, 0.3) is 0 Å². The molecular weight excluding hydrogens is 362 g/mol. The molecule has 1 aliphatic rings. The molecule has 1 atom stereocenters. The zero-order valence-corrected chi connectivity index (χ0v) is 15.9. The van der Waals surface area contributed by atoms with Crippen molar-refractivity contribution in [1.82, 2.24) is 14.9 Å². The number of methoxy groups -OCH3 is 1. The summed E-state index contributed by atoms with van der Waals surface area (Å²) in [4.78, 5) is 10.5. The number of halogens is 1. The van der Waals surface area contributed by atoms with Gasteiger partial charge in [-0.25, -0.2) is 4.98 Å². The molecule has 6 heteroatoms. The van der Waals surface area contributed by atoms with E-state index in [9.17, 15) is 0 Å². The van der Waals surface area contributed by atoms with Gasteiger partial charge in [-0.05, 0) is 47.5 Å². The van der Waals surface area contributed by atoms with Crippen molar-refractivity contribution in [3.05, 3.63) is 71.1 Å². The van der Waals surface area contributed by atoms with Crippen molar-refractivity contribution in [2.75, 3.05) is 26.9 Å². The van der Waals surface area contributed by atoms with E-state index >= 15 is 0 Å². The molecule has 0 aliphatic carbocycles. The number of benzene rings is 2. The number of aromatic nitrogens is 2. The minimum Gasteiger partial charge on any atom is -0.497 e. The summed E-state index contributed by atoms with van der Waals surface area (Å²) in [6, 6.07) is 16.1. The Hall–Kier alpha value is -2.34. The van der Waals surface area contributed by atoms with Crippen molar-refractivity contribution in [2.24, 2.45) is 0 Å². The van der Waals surface area contributed by atoms with Crippen molar-refractivity contribution in [2.45, 2.75) is 12.6 Å². The lowest BCUT2D eigenvalue weighted by molar-refractivity contribution is -0.0156. The molecule has 2 heterocycles. The molecule has 1 saturated heterocycles. The maximum atomic E-state index is 6.00. The van der Waals surface area contributed by atoms with E-state index in [1.807, 2.05) is 42.6 Å². The Kier molecular flexibility index (Phi) is 5.43. The number of H-pyrrole nitrogens is 1. The average Bonchev–Trinajstić information content (AvgIpc) is 3.20. The van der Waals surface area contributed by atoms with Crippen LogP contribution in [0.3, 0.4) is 0 Å². The third-order valence-electron chi connectivity index (χ3n) is 4.85. The van der Waals surface area contributed by atoms with E-state index in [2.05, 4.69) is 27.0 Å².